The Labute approximate surface area is 112 Å². The van der Waals surface area contributed by atoms with Crippen molar-refractivity contribution in [2.75, 3.05) is 38.3 Å². The number of urea groups is 1. The Morgan fingerprint density at radius 3 is 2.74 bits per heavy atom. The molecule has 0 bridgehead atoms. The first-order chi connectivity index (χ1) is 9.09. The first-order valence-electron chi connectivity index (χ1n) is 6.14. The number of morpholine rings is 1. The summed E-state index contributed by atoms with van der Waals surface area (Å²) in [5, 5.41) is 7.42. The van der Waals surface area contributed by atoms with E-state index in [-0.39, 0.29) is 11.9 Å². The first-order valence-corrected chi connectivity index (χ1v) is 6.14. The molecule has 0 aromatic heterocycles. The van der Waals surface area contributed by atoms with Crippen LogP contribution in [0.1, 0.15) is 5.56 Å². The summed E-state index contributed by atoms with van der Waals surface area (Å²) in [5.41, 5.74) is 6.79. The third-order valence-electron chi connectivity index (χ3n) is 3.11. The van der Waals surface area contributed by atoms with Gasteiger partial charge in [-0.25, -0.2) is 4.79 Å². The molecular formula is C13H18N4O2. The largest absolute Gasteiger partial charge is 0.384 e. The number of carbonyl (C=O) groups excluding carboxylic acids is 1. The van der Waals surface area contributed by atoms with Gasteiger partial charge >= 0.3 is 6.03 Å². The van der Waals surface area contributed by atoms with E-state index in [1.807, 2.05) is 6.07 Å². The summed E-state index contributed by atoms with van der Waals surface area (Å²) in [6.45, 7) is 2.37. The van der Waals surface area contributed by atoms with Crippen LogP contribution in [-0.2, 0) is 4.74 Å². The molecule has 1 fully saturated rings. The average Bonchev–Trinajstić information content (AvgIpc) is 2.46. The van der Waals surface area contributed by atoms with Crippen LogP contribution in [0.3, 0.4) is 0 Å². The molecule has 6 nitrogen and oxygen atoms in total. The summed E-state index contributed by atoms with van der Waals surface area (Å²) in [4.78, 5) is 15.6. The molecule has 2 rings (SSSR count). The fourth-order valence-corrected chi connectivity index (χ4v) is 1.96. The summed E-state index contributed by atoms with van der Waals surface area (Å²) < 4.78 is 5.23. The van der Waals surface area contributed by atoms with Gasteiger partial charge < -0.3 is 15.4 Å². The fourth-order valence-electron chi connectivity index (χ4n) is 1.96. The number of nitrogen functional groups attached to an aromatic ring is 1. The Bertz CT molecular complexity index is 483. The van der Waals surface area contributed by atoms with Gasteiger partial charge in [-0.05, 0) is 12.1 Å². The van der Waals surface area contributed by atoms with Gasteiger partial charge in [0.15, 0.2) is 0 Å². The molecule has 1 aliphatic heterocycles. The predicted octanol–water partition coefficient (Wildman–Crippen LogP) is 0.859. The van der Waals surface area contributed by atoms with E-state index >= 15 is 0 Å². The van der Waals surface area contributed by atoms with Crippen molar-refractivity contribution in [2.45, 2.75) is 0 Å². The molecule has 0 spiro atoms. The number of amides is 2. The molecule has 0 aliphatic carbocycles. The molecule has 19 heavy (non-hydrogen) atoms. The maximum Gasteiger partial charge on any atom is 0.324 e. The lowest BCUT2D eigenvalue weighted by Gasteiger charge is -2.31. The van der Waals surface area contributed by atoms with Crippen LogP contribution in [-0.4, -0.2) is 50.1 Å². The number of ether oxygens (including phenoxy) is 1. The zero-order valence-electron chi connectivity index (χ0n) is 10.9. The molecule has 6 heteroatoms. The van der Waals surface area contributed by atoms with Gasteiger partial charge in [-0.3, -0.25) is 10.3 Å². The SMILES string of the molecule is CN(C(=O)N1CCOCC1)c1cccc(C(=N)N)c1. The number of hydrogen-bond donors (Lipinski definition) is 2. The Balaban J connectivity index is 2.13. The van der Waals surface area contributed by atoms with Crippen molar-refractivity contribution < 1.29 is 9.53 Å². The quantitative estimate of drug-likeness (QED) is 0.612. The minimum Gasteiger partial charge on any atom is -0.384 e. The Kier molecular flexibility index (Phi) is 4.01. The molecule has 1 saturated heterocycles. The Morgan fingerprint density at radius 1 is 1.42 bits per heavy atom. The summed E-state index contributed by atoms with van der Waals surface area (Å²) in [5.74, 6) is -0.00549. The van der Waals surface area contributed by atoms with Gasteiger partial charge in [0.05, 0.1) is 13.2 Å². The number of carbonyl (C=O) groups is 1. The minimum atomic E-state index is -0.0657. The number of anilines is 1. The van der Waals surface area contributed by atoms with E-state index < -0.39 is 0 Å². The molecule has 3 N–H and O–H groups in total. The third kappa shape index (κ3) is 3.03. The van der Waals surface area contributed by atoms with Gasteiger partial charge in [-0.1, -0.05) is 12.1 Å². The van der Waals surface area contributed by atoms with Crippen LogP contribution in [0.4, 0.5) is 10.5 Å². The van der Waals surface area contributed by atoms with Gasteiger partial charge in [-0.2, -0.15) is 0 Å². The van der Waals surface area contributed by atoms with Crippen LogP contribution in [0.2, 0.25) is 0 Å². The highest BCUT2D eigenvalue weighted by Gasteiger charge is 2.21. The van der Waals surface area contributed by atoms with Gasteiger partial charge in [0.2, 0.25) is 0 Å². The number of nitrogens with two attached hydrogens (primary N) is 1. The summed E-state index contributed by atoms with van der Waals surface area (Å²) in [6.07, 6.45) is 0. The van der Waals surface area contributed by atoms with E-state index in [1.165, 1.54) is 0 Å². The number of nitrogens with one attached hydrogen (secondary N) is 1. The zero-order valence-corrected chi connectivity index (χ0v) is 10.9. The van der Waals surface area contributed by atoms with Crippen LogP contribution in [0, 0.1) is 5.41 Å². The van der Waals surface area contributed by atoms with E-state index in [2.05, 4.69) is 0 Å². The molecule has 0 atom stereocenters. The smallest absolute Gasteiger partial charge is 0.324 e. The molecule has 1 heterocycles. The summed E-state index contributed by atoms with van der Waals surface area (Å²) in [6, 6.07) is 7.03. The lowest BCUT2D eigenvalue weighted by Crippen LogP contribution is -2.47. The topological polar surface area (TPSA) is 82.7 Å². The number of nitrogens with zero attached hydrogens (tertiary/aromatic N) is 2. The van der Waals surface area contributed by atoms with Crippen LogP contribution < -0.4 is 10.6 Å². The second-order valence-electron chi connectivity index (χ2n) is 4.41. The predicted molar refractivity (Wildman–Crippen MR) is 73.6 cm³/mol. The normalized spacial score (nSPS) is 15.1. The van der Waals surface area contributed by atoms with Crippen molar-refractivity contribution >= 4 is 17.6 Å². The molecule has 0 saturated carbocycles. The highest BCUT2D eigenvalue weighted by Crippen LogP contribution is 2.16. The Hall–Kier alpha value is -2.08. The maximum absolute atomic E-state index is 12.3. The van der Waals surface area contributed by atoms with Gasteiger partial charge in [-0.15, -0.1) is 0 Å². The van der Waals surface area contributed by atoms with Gasteiger partial charge in [0.1, 0.15) is 5.84 Å². The monoisotopic (exact) mass is 262 g/mol. The highest BCUT2D eigenvalue weighted by atomic mass is 16.5. The molecule has 102 valence electrons. The number of benzene rings is 1. The van der Waals surface area contributed by atoms with Crippen molar-refractivity contribution in [2.24, 2.45) is 5.73 Å². The number of rotatable bonds is 2. The minimum absolute atomic E-state index is 0.00549. The molecule has 2 amide bonds. The second-order valence-corrected chi connectivity index (χ2v) is 4.41. The maximum atomic E-state index is 12.3. The first kappa shape index (κ1) is 13.4. The van der Waals surface area contributed by atoms with Crippen molar-refractivity contribution in [3.63, 3.8) is 0 Å². The van der Waals surface area contributed by atoms with E-state index in [1.54, 1.807) is 35.0 Å². The van der Waals surface area contributed by atoms with Crippen LogP contribution in [0.25, 0.3) is 0 Å². The molecule has 0 unspecified atom stereocenters. The highest BCUT2D eigenvalue weighted by molar-refractivity contribution is 5.98. The fraction of sp³-hybridized carbons (Fsp3) is 0.385. The Morgan fingerprint density at radius 2 is 2.11 bits per heavy atom. The summed E-state index contributed by atoms with van der Waals surface area (Å²) >= 11 is 0. The van der Waals surface area contributed by atoms with Crippen molar-refractivity contribution in [1.29, 1.82) is 5.41 Å². The molecular weight excluding hydrogens is 244 g/mol. The van der Waals surface area contributed by atoms with E-state index in [0.717, 1.165) is 5.69 Å². The van der Waals surface area contributed by atoms with Crippen molar-refractivity contribution in [3.8, 4) is 0 Å². The van der Waals surface area contributed by atoms with Crippen molar-refractivity contribution in [1.82, 2.24) is 4.90 Å². The van der Waals surface area contributed by atoms with Gasteiger partial charge in [0, 0.05) is 31.4 Å². The average molecular weight is 262 g/mol. The van der Waals surface area contributed by atoms with Gasteiger partial charge in [0.25, 0.3) is 0 Å². The van der Waals surface area contributed by atoms with Crippen molar-refractivity contribution in [3.05, 3.63) is 29.8 Å². The molecule has 1 aromatic carbocycles. The van der Waals surface area contributed by atoms with E-state index in [4.69, 9.17) is 15.9 Å². The lowest BCUT2D eigenvalue weighted by molar-refractivity contribution is 0.0551. The van der Waals surface area contributed by atoms with Crippen LogP contribution in [0.5, 0.6) is 0 Å². The number of amidine groups is 1. The third-order valence-corrected chi connectivity index (χ3v) is 3.11. The van der Waals surface area contributed by atoms with E-state index in [0.29, 0.717) is 31.9 Å². The van der Waals surface area contributed by atoms with Crippen LogP contribution in [0.15, 0.2) is 24.3 Å². The van der Waals surface area contributed by atoms with E-state index in [9.17, 15) is 4.79 Å². The zero-order chi connectivity index (χ0) is 13.8. The van der Waals surface area contributed by atoms with Crippen LogP contribution >= 0.6 is 0 Å². The lowest BCUT2D eigenvalue weighted by atomic mass is 10.2. The molecule has 1 aromatic rings. The second kappa shape index (κ2) is 5.71. The number of hydrogen-bond acceptors (Lipinski definition) is 3. The summed E-state index contributed by atoms with van der Waals surface area (Å²) in [7, 11) is 1.72. The molecule has 0 radical (unpaired) electrons. The standard InChI is InChI=1S/C13H18N4O2/c1-16(13(18)17-5-7-19-8-6-17)11-4-2-3-10(9-11)12(14)15/h2-4,9H,5-8H2,1H3,(H3,14,15). The molecule has 1 aliphatic rings.